The maximum Gasteiger partial charge on any atom is 0.165 e. The van der Waals surface area contributed by atoms with Crippen LogP contribution >= 0.6 is 0 Å². The molecule has 0 heterocycles. The van der Waals surface area contributed by atoms with Crippen LogP contribution < -0.4 is 10.1 Å². The molecule has 0 aliphatic carbocycles. The normalized spacial score (nSPS) is 12.4. The fourth-order valence-corrected chi connectivity index (χ4v) is 1.95. The average molecular weight is 267 g/mol. The van der Waals surface area contributed by atoms with E-state index in [0.717, 1.165) is 31.4 Å². The summed E-state index contributed by atoms with van der Waals surface area (Å²) in [6.07, 6.45) is 4.37. The molecule has 1 aromatic rings. The van der Waals surface area contributed by atoms with E-state index in [2.05, 4.69) is 19.2 Å². The molecule has 0 spiro atoms. The zero-order valence-electron chi connectivity index (χ0n) is 12.3. The average Bonchev–Trinajstić information content (AvgIpc) is 2.39. The Balaban J connectivity index is 2.15. The van der Waals surface area contributed by atoms with Crippen LogP contribution in [0.3, 0.4) is 0 Å². The molecule has 19 heavy (non-hydrogen) atoms. The first-order valence-electron chi connectivity index (χ1n) is 7.25. The first-order chi connectivity index (χ1) is 9.13. The van der Waals surface area contributed by atoms with Gasteiger partial charge in [0.25, 0.3) is 0 Å². The van der Waals surface area contributed by atoms with E-state index in [9.17, 15) is 4.39 Å². The van der Waals surface area contributed by atoms with Gasteiger partial charge in [-0.1, -0.05) is 13.0 Å². The monoisotopic (exact) mass is 267 g/mol. The fraction of sp³-hybridized carbons (Fsp3) is 0.625. The van der Waals surface area contributed by atoms with Gasteiger partial charge in [0.05, 0.1) is 6.61 Å². The van der Waals surface area contributed by atoms with Crippen LogP contribution in [-0.4, -0.2) is 19.2 Å². The lowest BCUT2D eigenvalue weighted by molar-refractivity contribution is 0.287. The maximum atomic E-state index is 13.4. The Bertz CT molecular complexity index is 368. The Morgan fingerprint density at radius 3 is 2.84 bits per heavy atom. The van der Waals surface area contributed by atoms with Crippen molar-refractivity contribution in [2.75, 3.05) is 13.2 Å². The summed E-state index contributed by atoms with van der Waals surface area (Å²) in [7, 11) is 0. The molecule has 1 rings (SSSR count). The van der Waals surface area contributed by atoms with Crippen molar-refractivity contribution in [1.82, 2.24) is 5.32 Å². The summed E-state index contributed by atoms with van der Waals surface area (Å²) in [5.74, 6) is 0.0979. The molecule has 2 nitrogen and oxygen atoms in total. The Labute approximate surface area is 116 Å². The number of ether oxygens (including phenoxy) is 1. The third-order valence-electron chi connectivity index (χ3n) is 3.12. The molecule has 0 radical (unpaired) electrons. The van der Waals surface area contributed by atoms with Crippen LogP contribution in [0.1, 0.15) is 45.1 Å². The standard InChI is InChI=1S/C16H26FNO/c1-4-10-18-14(3)7-5-6-11-19-16-12-13(2)8-9-15(16)17/h8-9,12,14,18H,4-7,10-11H2,1-3H3. The predicted molar refractivity (Wildman–Crippen MR) is 78.2 cm³/mol. The van der Waals surface area contributed by atoms with Crippen molar-refractivity contribution >= 4 is 0 Å². The van der Waals surface area contributed by atoms with Gasteiger partial charge in [-0.15, -0.1) is 0 Å². The highest BCUT2D eigenvalue weighted by molar-refractivity contribution is 5.29. The molecule has 0 bridgehead atoms. The highest BCUT2D eigenvalue weighted by Gasteiger charge is 2.04. The topological polar surface area (TPSA) is 21.3 Å². The SMILES string of the molecule is CCCNC(C)CCCCOc1cc(C)ccc1F. The molecular formula is C16H26FNO. The third kappa shape index (κ3) is 6.58. The Hall–Kier alpha value is -1.09. The molecule has 1 N–H and O–H groups in total. The van der Waals surface area contributed by atoms with Crippen molar-refractivity contribution in [2.45, 2.75) is 52.5 Å². The van der Waals surface area contributed by atoms with Gasteiger partial charge in [-0.05, 0) is 63.8 Å². The number of hydrogen-bond donors (Lipinski definition) is 1. The van der Waals surface area contributed by atoms with Crippen LogP contribution in [0.2, 0.25) is 0 Å². The van der Waals surface area contributed by atoms with Crippen molar-refractivity contribution < 1.29 is 9.13 Å². The number of aryl methyl sites for hydroxylation is 1. The molecule has 0 amide bonds. The maximum absolute atomic E-state index is 13.4. The fourth-order valence-electron chi connectivity index (χ4n) is 1.95. The molecule has 1 unspecified atom stereocenters. The second-order valence-corrected chi connectivity index (χ2v) is 5.13. The van der Waals surface area contributed by atoms with Crippen molar-refractivity contribution in [1.29, 1.82) is 0 Å². The second kappa shape index (κ2) is 8.92. The number of nitrogens with one attached hydrogen (secondary N) is 1. The summed E-state index contributed by atoms with van der Waals surface area (Å²) in [5.41, 5.74) is 1.02. The van der Waals surface area contributed by atoms with Gasteiger partial charge in [0.2, 0.25) is 0 Å². The summed E-state index contributed by atoms with van der Waals surface area (Å²) in [6, 6.07) is 5.52. The summed E-state index contributed by atoms with van der Waals surface area (Å²) in [6.45, 7) is 7.97. The number of halogens is 1. The van der Waals surface area contributed by atoms with Gasteiger partial charge in [-0.3, -0.25) is 0 Å². The molecule has 0 saturated carbocycles. The van der Waals surface area contributed by atoms with Gasteiger partial charge in [-0.25, -0.2) is 4.39 Å². The smallest absolute Gasteiger partial charge is 0.165 e. The lowest BCUT2D eigenvalue weighted by Crippen LogP contribution is -2.26. The first kappa shape index (κ1) is 16.0. The molecule has 1 aromatic carbocycles. The van der Waals surface area contributed by atoms with Gasteiger partial charge in [0.1, 0.15) is 0 Å². The molecular weight excluding hydrogens is 241 g/mol. The van der Waals surface area contributed by atoms with Crippen molar-refractivity contribution in [3.05, 3.63) is 29.6 Å². The van der Waals surface area contributed by atoms with Gasteiger partial charge in [0.15, 0.2) is 11.6 Å². The van der Waals surface area contributed by atoms with Crippen LogP contribution in [-0.2, 0) is 0 Å². The van der Waals surface area contributed by atoms with E-state index < -0.39 is 0 Å². The van der Waals surface area contributed by atoms with E-state index in [-0.39, 0.29) is 5.82 Å². The number of rotatable bonds is 9. The molecule has 0 fully saturated rings. The molecule has 108 valence electrons. The van der Waals surface area contributed by atoms with E-state index >= 15 is 0 Å². The molecule has 0 aliphatic rings. The number of unbranched alkanes of at least 4 members (excludes halogenated alkanes) is 1. The predicted octanol–water partition coefficient (Wildman–Crippen LogP) is 4.07. The minimum absolute atomic E-state index is 0.274. The molecule has 0 saturated heterocycles. The zero-order chi connectivity index (χ0) is 14.1. The van der Waals surface area contributed by atoms with Crippen molar-refractivity contribution in [3.8, 4) is 5.75 Å². The van der Waals surface area contributed by atoms with Crippen molar-refractivity contribution in [3.63, 3.8) is 0 Å². The highest BCUT2D eigenvalue weighted by atomic mass is 19.1. The lowest BCUT2D eigenvalue weighted by Gasteiger charge is -2.13. The van der Waals surface area contributed by atoms with Gasteiger partial charge in [-0.2, -0.15) is 0 Å². The van der Waals surface area contributed by atoms with E-state index in [1.165, 1.54) is 12.5 Å². The van der Waals surface area contributed by atoms with Crippen molar-refractivity contribution in [2.24, 2.45) is 0 Å². The lowest BCUT2D eigenvalue weighted by atomic mass is 10.1. The Kier molecular flexibility index (Phi) is 7.49. The van der Waals surface area contributed by atoms with E-state index in [1.54, 1.807) is 12.1 Å². The van der Waals surface area contributed by atoms with Gasteiger partial charge in [0, 0.05) is 6.04 Å². The highest BCUT2D eigenvalue weighted by Crippen LogP contribution is 2.18. The molecule has 0 aromatic heterocycles. The Morgan fingerprint density at radius 2 is 2.11 bits per heavy atom. The summed E-state index contributed by atoms with van der Waals surface area (Å²) in [5, 5.41) is 3.46. The largest absolute Gasteiger partial charge is 0.491 e. The zero-order valence-corrected chi connectivity index (χ0v) is 12.3. The first-order valence-corrected chi connectivity index (χ1v) is 7.25. The van der Waals surface area contributed by atoms with E-state index in [1.807, 2.05) is 6.92 Å². The van der Waals surface area contributed by atoms with E-state index in [4.69, 9.17) is 4.74 Å². The van der Waals surface area contributed by atoms with E-state index in [0.29, 0.717) is 18.4 Å². The van der Waals surface area contributed by atoms with Gasteiger partial charge < -0.3 is 10.1 Å². The van der Waals surface area contributed by atoms with Crippen LogP contribution in [0.5, 0.6) is 5.75 Å². The summed E-state index contributed by atoms with van der Waals surface area (Å²) >= 11 is 0. The van der Waals surface area contributed by atoms with Crippen LogP contribution in [0.25, 0.3) is 0 Å². The number of benzene rings is 1. The third-order valence-corrected chi connectivity index (χ3v) is 3.12. The molecule has 0 aliphatic heterocycles. The van der Waals surface area contributed by atoms with Crippen LogP contribution in [0.15, 0.2) is 18.2 Å². The minimum Gasteiger partial charge on any atom is -0.491 e. The summed E-state index contributed by atoms with van der Waals surface area (Å²) < 4.78 is 18.9. The van der Waals surface area contributed by atoms with Crippen LogP contribution in [0, 0.1) is 12.7 Å². The molecule has 3 heteroatoms. The quantitative estimate of drug-likeness (QED) is 0.681. The van der Waals surface area contributed by atoms with Crippen LogP contribution in [0.4, 0.5) is 4.39 Å². The molecule has 1 atom stereocenters. The minimum atomic E-state index is -0.274. The second-order valence-electron chi connectivity index (χ2n) is 5.13. The van der Waals surface area contributed by atoms with Gasteiger partial charge >= 0.3 is 0 Å². The number of hydrogen-bond acceptors (Lipinski definition) is 2. The Morgan fingerprint density at radius 1 is 1.32 bits per heavy atom. The summed E-state index contributed by atoms with van der Waals surface area (Å²) in [4.78, 5) is 0.